The highest BCUT2D eigenvalue weighted by Crippen LogP contribution is 2.17. The Morgan fingerprint density at radius 1 is 0.260 bits per heavy atom. The molecule has 0 aliphatic heterocycles. The Balaban J connectivity index is 4.37. The molecule has 6 heteroatoms. The molecule has 0 aromatic heterocycles. The van der Waals surface area contributed by atoms with Crippen molar-refractivity contribution in [1.29, 1.82) is 0 Å². The highest BCUT2D eigenvalue weighted by atomic mass is 16.6. The fourth-order valence-electron chi connectivity index (χ4n) is 9.85. The summed E-state index contributed by atoms with van der Waals surface area (Å²) in [6.45, 7) is 6.64. The van der Waals surface area contributed by atoms with Crippen LogP contribution < -0.4 is 0 Å². The molecule has 1 atom stereocenters. The van der Waals surface area contributed by atoms with E-state index < -0.39 is 6.10 Å². The van der Waals surface area contributed by atoms with E-state index >= 15 is 0 Å². The second-order valence-corrected chi connectivity index (χ2v) is 22.7. The lowest BCUT2D eigenvalue weighted by Crippen LogP contribution is -2.30. The van der Waals surface area contributed by atoms with Crippen LogP contribution in [0.15, 0.2) is 60.8 Å². The second kappa shape index (κ2) is 65.6. The summed E-state index contributed by atoms with van der Waals surface area (Å²) in [5.74, 6) is -0.883. The summed E-state index contributed by atoms with van der Waals surface area (Å²) in [5.41, 5.74) is 0. The van der Waals surface area contributed by atoms with Crippen LogP contribution in [0.3, 0.4) is 0 Å². The summed E-state index contributed by atoms with van der Waals surface area (Å²) in [7, 11) is 0. The Morgan fingerprint density at radius 2 is 0.468 bits per heavy atom. The van der Waals surface area contributed by atoms with Crippen molar-refractivity contribution in [1.82, 2.24) is 0 Å². The van der Waals surface area contributed by atoms with Gasteiger partial charge in [0.05, 0.1) is 0 Å². The van der Waals surface area contributed by atoms with Crippen LogP contribution in [0.25, 0.3) is 0 Å². The normalized spacial score (nSPS) is 12.4. The molecule has 0 aromatic carbocycles. The van der Waals surface area contributed by atoms with Crippen LogP contribution in [-0.2, 0) is 28.6 Å². The summed E-state index contributed by atoms with van der Waals surface area (Å²) < 4.78 is 17.0. The number of allylic oxidation sites excluding steroid dienone is 10. The Bertz CT molecular complexity index is 1380. The zero-order valence-corrected chi connectivity index (χ0v) is 51.5. The Hall–Kier alpha value is -2.89. The number of rotatable bonds is 62. The van der Waals surface area contributed by atoms with Crippen molar-refractivity contribution in [2.75, 3.05) is 13.2 Å². The van der Waals surface area contributed by atoms with Gasteiger partial charge in [-0.1, -0.05) is 287 Å². The highest BCUT2D eigenvalue weighted by molar-refractivity contribution is 5.71. The van der Waals surface area contributed by atoms with Crippen molar-refractivity contribution >= 4 is 17.9 Å². The maximum absolute atomic E-state index is 12.9. The van der Waals surface area contributed by atoms with E-state index in [4.69, 9.17) is 14.2 Å². The van der Waals surface area contributed by atoms with Gasteiger partial charge in [0.15, 0.2) is 6.10 Å². The molecule has 0 spiro atoms. The first-order valence-corrected chi connectivity index (χ1v) is 33.8. The molecule has 0 radical (unpaired) electrons. The van der Waals surface area contributed by atoms with E-state index in [9.17, 15) is 14.4 Å². The minimum Gasteiger partial charge on any atom is -0.462 e. The molecule has 0 aromatic rings. The maximum Gasteiger partial charge on any atom is 0.306 e. The standard InChI is InChI=1S/C71H128O6/c1-4-7-10-13-16-19-22-25-28-31-33-35-37-40-43-46-49-52-55-58-61-64-70(73)76-67-68(66-75-69(72)63-60-57-54-51-48-45-42-39-30-27-24-21-18-15-12-9-6-3)77-71(74)65-62-59-56-53-50-47-44-41-38-36-34-32-29-26-23-20-17-14-11-8-5-2/h18,21,25-30,42,45,68H,4-17,19-20,22-24,31-41,43-44,46-67H2,1-3H3/b21-18-,28-25-,29-26-,30-27-,45-42-/t68-/m1/s1. The molecule has 77 heavy (non-hydrogen) atoms. The van der Waals surface area contributed by atoms with Crippen molar-refractivity contribution in [2.24, 2.45) is 0 Å². The van der Waals surface area contributed by atoms with Gasteiger partial charge in [-0.05, 0) is 109 Å². The molecular weight excluding hydrogens is 949 g/mol. The number of carbonyl (C=O) groups excluding carboxylic acids is 3. The Kier molecular flexibility index (Phi) is 63.2. The molecule has 0 aliphatic carbocycles. The fraction of sp³-hybridized carbons (Fsp3) is 0.817. The summed E-state index contributed by atoms with van der Waals surface area (Å²) in [5, 5.41) is 0. The van der Waals surface area contributed by atoms with E-state index in [0.29, 0.717) is 19.3 Å². The SMILES string of the molecule is CCCCC/C=C\C/C=C\C/C=C\CCCCCCC(=O)OC[C@H](COC(=O)CCCCCCCCCCCCC/C=C\CCCCCCCC)OC(=O)CCCCCCCCCCCCC/C=C\CCCCCCCC. The smallest absolute Gasteiger partial charge is 0.306 e. The molecule has 0 heterocycles. The Labute approximate surface area is 479 Å². The molecule has 6 nitrogen and oxygen atoms in total. The molecule has 0 unspecified atom stereocenters. The van der Waals surface area contributed by atoms with Gasteiger partial charge < -0.3 is 14.2 Å². The lowest BCUT2D eigenvalue weighted by atomic mass is 10.0. The van der Waals surface area contributed by atoms with E-state index in [1.54, 1.807) is 0 Å². The second-order valence-electron chi connectivity index (χ2n) is 22.7. The molecule has 0 amide bonds. The largest absolute Gasteiger partial charge is 0.462 e. The van der Waals surface area contributed by atoms with Gasteiger partial charge in [-0.25, -0.2) is 0 Å². The fourth-order valence-corrected chi connectivity index (χ4v) is 9.85. The maximum atomic E-state index is 12.9. The van der Waals surface area contributed by atoms with Crippen LogP contribution in [0, 0.1) is 0 Å². The van der Waals surface area contributed by atoms with Crippen LogP contribution in [0.4, 0.5) is 0 Å². The lowest BCUT2D eigenvalue weighted by molar-refractivity contribution is -0.167. The molecule has 0 fully saturated rings. The minimum atomic E-state index is -0.785. The van der Waals surface area contributed by atoms with Crippen molar-refractivity contribution in [2.45, 2.75) is 361 Å². The van der Waals surface area contributed by atoms with Crippen molar-refractivity contribution < 1.29 is 28.6 Å². The summed E-state index contributed by atoms with van der Waals surface area (Å²) in [6, 6.07) is 0. The van der Waals surface area contributed by atoms with E-state index in [2.05, 4.69) is 81.5 Å². The predicted octanol–water partition coefficient (Wildman–Crippen LogP) is 23.1. The van der Waals surface area contributed by atoms with Crippen LogP contribution in [0.5, 0.6) is 0 Å². The summed E-state index contributed by atoms with van der Waals surface area (Å²) >= 11 is 0. The first-order chi connectivity index (χ1) is 38.0. The lowest BCUT2D eigenvalue weighted by Gasteiger charge is -2.18. The number of ether oxygens (including phenoxy) is 3. The first kappa shape index (κ1) is 74.1. The van der Waals surface area contributed by atoms with Gasteiger partial charge in [-0.2, -0.15) is 0 Å². The average Bonchev–Trinajstić information content (AvgIpc) is 3.43. The van der Waals surface area contributed by atoms with Crippen LogP contribution in [0.1, 0.15) is 355 Å². The van der Waals surface area contributed by atoms with Crippen molar-refractivity contribution in [3.63, 3.8) is 0 Å². The first-order valence-electron chi connectivity index (χ1n) is 33.8. The molecule has 448 valence electrons. The van der Waals surface area contributed by atoms with E-state index in [1.165, 1.54) is 231 Å². The van der Waals surface area contributed by atoms with Crippen LogP contribution in [-0.4, -0.2) is 37.2 Å². The molecule has 0 saturated carbocycles. The third-order valence-corrected chi connectivity index (χ3v) is 15.0. The molecular formula is C71H128O6. The van der Waals surface area contributed by atoms with Crippen molar-refractivity contribution in [3.05, 3.63) is 60.8 Å². The van der Waals surface area contributed by atoms with Crippen LogP contribution in [0.2, 0.25) is 0 Å². The third-order valence-electron chi connectivity index (χ3n) is 15.0. The molecule has 0 aliphatic rings. The quantitative estimate of drug-likeness (QED) is 0.0261. The van der Waals surface area contributed by atoms with E-state index in [1.807, 2.05) is 0 Å². The average molecular weight is 1080 g/mol. The monoisotopic (exact) mass is 1080 g/mol. The molecule has 0 rings (SSSR count). The van der Waals surface area contributed by atoms with Gasteiger partial charge >= 0.3 is 17.9 Å². The highest BCUT2D eigenvalue weighted by Gasteiger charge is 2.19. The molecule has 0 N–H and O–H groups in total. The van der Waals surface area contributed by atoms with Gasteiger partial charge in [0.2, 0.25) is 0 Å². The van der Waals surface area contributed by atoms with Gasteiger partial charge in [0.1, 0.15) is 13.2 Å². The predicted molar refractivity (Wildman–Crippen MR) is 335 cm³/mol. The molecule has 0 saturated heterocycles. The van der Waals surface area contributed by atoms with E-state index in [-0.39, 0.29) is 31.1 Å². The number of esters is 3. The number of unbranched alkanes of at least 4 members (excludes halogenated alkanes) is 41. The van der Waals surface area contributed by atoms with Gasteiger partial charge in [-0.15, -0.1) is 0 Å². The minimum absolute atomic E-state index is 0.0797. The summed E-state index contributed by atoms with van der Waals surface area (Å²) in [6.07, 6.45) is 83.7. The van der Waals surface area contributed by atoms with Gasteiger partial charge in [0, 0.05) is 19.3 Å². The topological polar surface area (TPSA) is 78.9 Å². The third kappa shape index (κ3) is 63.8. The van der Waals surface area contributed by atoms with Gasteiger partial charge in [-0.3, -0.25) is 14.4 Å². The van der Waals surface area contributed by atoms with Gasteiger partial charge in [0.25, 0.3) is 0 Å². The zero-order valence-electron chi connectivity index (χ0n) is 51.5. The number of carbonyl (C=O) groups is 3. The van der Waals surface area contributed by atoms with Crippen molar-refractivity contribution in [3.8, 4) is 0 Å². The molecule has 0 bridgehead atoms. The number of hydrogen-bond donors (Lipinski definition) is 0. The summed E-state index contributed by atoms with van der Waals surface area (Å²) in [4.78, 5) is 38.4. The van der Waals surface area contributed by atoms with E-state index in [0.717, 1.165) is 83.5 Å². The van der Waals surface area contributed by atoms with Crippen LogP contribution >= 0.6 is 0 Å². The number of hydrogen-bond acceptors (Lipinski definition) is 6. The zero-order chi connectivity index (χ0) is 55.7. The Morgan fingerprint density at radius 3 is 0.766 bits per heavy atom.